The molecule has 7 aliphatic heterocycles. The number of anilines is 4. The summed E-state index contributed by atoms with van der Waals surface area (Å²) in [7, 11) is 6.43. The lowest BCUT2D eigenvalue weighted by molar-refractivity contribution is -0.193. The number of amides is 4. The van der Waals surface area contributed by atoms with E-state index in [0.29, 0.717) is 51.9 Å². The molecular formula is C52H60F12N8O12S4. The third kappa shape index (κ3) is 30.8. The van der Waals surface area contributed by atoms with Crippen LogP contribution in [0.1, 0.15) is 51.4 Å². The van der Waals surface area contributed by atoms with E-state index < -0.39 is 48.6 Å². The summed E-state index contributed by atoms with van der Waals surface area (Å²) in [6.45, 7) is 3.00. The largest absolute Gasteiger partial charge is 0.490 e. The topological polar surface area (TPSA) is 335 Å². The molecule has 4 aromatic carbocycles. The van der Waals surface area contributed by atoms with Crippen LogP contribution < -0.4 is 42.5 Å². The monoisotopic (exact) mass is 1340 g/mol. The van der Waals surface area contributed by atoms with Gasteiger partial charge in [0.2, 0.25) is 23.6 Å². The summed E-state index contributed by atoms with van der Waals surface area (Å²) in [4.78, 5) is 99.8. The maximum Gasteiger partial charge on any atom is 0.490 e. The molecule has 0 spiro atoms. The van der Waals surface area contributed by atoms with Crippen molar-refractivity contribution in [2.45, 2.75) is 95.7 Å². The van der Waals surface area contributed by atoms with Crippen LogP contribution in [0.5, 0.6) is 0 Å². The summed E-state index contributed by atoms with van der Waals surface area (Å²) in [6.07, 6.45) is -16.7. The Kier molecular flexibility index (Phi) is 35.2. The maximum absolute atomic E-state index is 13.3. The summed E-state index contributed by atoms with van der Waals surface area (Å²) >= 11 is 0. The molecule has 11 rings (SSSR count). The Morgan fingerprint density at radius 1 is 0.318 bits per heavy atom. The number of rotatable bonds is 8. The van der Waals surface area contributed by atoms with Gasteiger partial charge >= 0.3 is 48.6 Å². The van der Waals surface area contributed by atoms with Gasteiger partial charge in [-0.1, -0.05) is 43.2 Å². The van der Waals surface area contributed by atoms with E-state index in [0.717, 1.165) is 42.3 Å². The average Bonchev–Trinajstić information content (AvgIpc) is 3.58. The summed E-state index contributed by atoms with van der Waals surface area (Å²) < 4.78 is 127. The molecular weight excluding hydrogens is 1280 g/mol. The third-order valence-corrected chi connectivity index (χ3v) is 15.5. The fraction of sp³-hybridized carbons (Fsp3) is 0.385. The van der Waals surface area contributed by atoms with Crippen LogP contribution in [0.15, 0.2) is 117 Å². The number of nitrogens with zero attached hydrogens (tertiary/aromatic N) is 4. The lowest BCUT2D eigenvalue weighted by atomic mass is 10.2. The molecule has 20 nitrogen and oxygen atoms in total. The van der Waals surface area contributed by atoms with Gasteiger partial charge in [0.1, 0.15) is 0 Å². The Morgan fingerprint density at radius 2 is 0.455 bits per heavy atom. The highest BCUT2D eigenvalue weighted by Crippen LogP contribution is 2.40. The number of halogens is 12. The van der Waals surface area contributed by atoms with Crippen LogP contribution in [0.25, 0.3) is 0 Å². The van der Waals surface area contributed by atoms with Crippen molar-refractivity contribution in [3.05, 3.63) is 97.1 Å². The van der Waals surface area contributed by atoms with Crippen LogP contribution in [0, 0.1) is 0 Å². The Balaban J connectivity index is 0.00000114. The Hall–Kier alpha value is -6.96. The Bertz CT molecular complexity index is 2460. The average molecular weight is 1350 g/mol. The van der Waals surface area contributed by atoms with Crippen LogP contribution in [-0.2, 0) is 38.4 Å². The molecule has 0 radical (unpaired) electrons. The van der Waals surface area contributed by atoms with Gasteiger partial charge in [0.15, 0.2) is 0 Å². The van der Waals surface area contributed by atoms with Gasteiger partial charge in [-0.05, 0) is 123 Å². The van der Waals surface area contributed by atoms with Gasteiger partial charge in [-0.3, -0.25) is 19.2 Å². The Morgan fingerprint density at radius 3 is 0.568 bits per heavy atom. The van der Waals surface area contributed by atoms with Crippen molar-refractivity contribution in [1.29, 1.82) is 0 Å². The number of carbonyl (C=O) groups is 8. The fourth-order valence-corrected chi connectivity index (χ4v) is 10.5. The predicted octanol–water partition coefficient (Wildman–Crippen LogP) is 9.82. The van der Waals surface area contributed by atoms with E-state index in [2.05, 4.69) is 0 Å². The molecule has 7 heterocycles. The van der Waals surface area contributed by atoms with E-state index in [1.807, 2.05) is 97.1 Å². The van der Waals surface area contributed by atoms with Crippen LogP contribution in [0.2, 0.25) is 0 Å². The zero-order chi connectivity index (χ0) is 67.0. The quantitative estimate of drug-likeness (QED) is 0.0600. The van der Waals surface area contributed by atoms with E-state index in [1.165, 1.54) is 0 Å². The van der Waals surface area contributed by atoms with Crippen LogP contribution in [0.3, 0.4) is 0 Å². The second-order valence-electron chi connectivity index (χ2n) is 17.3. The van der Waals surface area contributed by atoms with Gasteiger partial charge in [0.25, 0.3) is 0 Å². The van der Waals surface area contributed by atoms with Crippen LogP contribution in [0.4, 0.5) is 75.4 Å². The molecule has 4 amide bonds. The first kappa shape index (κ1) is 79.1. The van der Waals surface area contributed by atoms with E-state index in [9.17, 15) is 71.9 Å². The number of carbonyl (C=O) groups excluding carboxylic acids is 4. The predicted molar refractivity (Wildman–Crippen MR) is 307 cm³/mol. The van der Waals surface area contributed by atoms with Crippen molar-refractivity contribution < 1.29 is 111 Å². The first-order valence-corrected chi connectivity index (χ1v) is 29.6. The third-order valence-electron chi connectivity index (χ3n) is 10.7. The molecule has 12 N–H and O–H groups in total. The number of hydrogen-bond acceptors (Lipinski definition) is 16. The molecule has 488 valence electrons. The molecule has 0 atom stereocenters. The van der Waals surface area contributed by atoms with Crippen LogP contribution in [-0.4, -0.2) is 145 Å². The number of hydrogen-bond donors (Lipinski definition) is 8. The lowest BCUT2D eigenvalue weighted by Gasteiger charge is -2.26. The zero-order valence-electron chi connectivity index (χ0n) is 45.9. The number of nitrogens with two attached hydrogens (primary N) is 4. The highest BCUT2D eigenvalue weighted by atomic mass is 33.1. The molecule has 8 bridgehead atoms. The second-order valence-corrected chi connectivity index (χ2v) is 21.8. The van der Waals surface area contributed by atoms with Crippen molar-refractivity contribution >= 4 is 113 Å². The van der Waals surface area contributed by atoms with Gasteiger partial charge in [-0.25, -0.2) is 19.2 Å². The first-order chi connectivity index (χ1) is 41.0. The minimum absolute atomic E-state index is 0.0407. The summed E-state index contributed by atoms with van der Waals surface area (Å²) in [5, 5.41) is 28.5. The fourth-order valence-electron chi connectivity index (χ4n) is 6.62. The molecule has 0 aromatic heterocycles. The molecule has 36 heteroatoms. The van der Waals surface area contributed by atoms with Gasteiger partial charge in [-0.2, -0.15) is 52.7 Å². The van der Waals surface area contributed by atoms with E-state index in [4.69, 9.17) is 62.5 Å². The number of benzene rings is 4. The maximum atomic E-state index is 13.3. The standard InChI is InChI=1S/C44H56N8O4S4.4C2HF3O2/c45-25-21-41(53)49-29-1-2-30-50(42(54)22-26-46)34-7-15-38(16-8-34)58-60-40-19-11-36(12-20-40)52(44(56)24-28-48)32-4-3-31-51(43(55)23-27-47)35-9-17-39(18-10-35)59-57-37-13-5-33(49)6-14-37;4*3-2(4,5)1(6)7/h5-20H,1-4,21-32,45-48H2;4*(H,6,7). The number of carboxylic acid groups (broad SMARTS) is 4. The highest BCUT2D eigenvalue weighted by Gasteiger charge is 2.40. The normalized spacial score (nSPS) is 13.7. The molecule has 0 saturated carbocycles. The van der Waals surface area contributed by atoms with Crippen molar-refractivity contribution in [2.75, 3.05) is 72.0 Å². The molecule has 0 fully saturated rings. The van der Waals surface area contributed by atoms with E-state index >= 15 is 0 Å². The van der Waals surface area contributed by atoms with Crippen LogP contribution >= 0.6 is 43.2 Å². The Labute approximate surface area is 510 Å². The number of aliphatic carboxylic acids is 4. The van der Waals surface area contributed by atoms with Crippen molar-refractivity contribution in [3.63, 3.8) is 0 Å². The van der Waals surface area contributed by atoms with E-state index in [1.54, 1.807) is 62.8 Å². The van der Waals surface area contributed by atoms with E-state index in [-0.39, 0.29) is 75.5 Å². The molecule has 0 aliphatic carbocycles. The minimum Gasteiger partial charge on any atom is -0.475 e. The van der Waals surface area contributed by atoms with Gasteiger partial charge in [0.05, 0.1) is 0 Å². The zero-order valence-corrected chi connectivity index (χ0v) is 49.1. The van der Waals surface area contributed by atoms with Gasteiger partial charge < -0.3 is 63.0 Å². The van der Waals surface area contributed by atoms with Crippen molar-refractivity contribution in [3.8, 4) is 0 Å². The second kappa shape index (κ2) is 39.1. The first-order valence-electron chi connectivity index (χ1n) is 25.3. The SMILES string of the molecule is NCCC(=O)N1CCCCN(C(=O)CCN)c2ccc(cc2)SSc2ccc(cc2)N(C(=O)CCN)CCCCN(C(=O)CCN)c2ccc(cc2)SSc2ccc1cc2.O=C(O)C(F)(F)F.O=C(O)C(F)(F)F.O=C(O)C(F)(F)F.O=C(O)C(F)(F)F. The molecule has 0 saturated heterocycles. The lowest BCUT2D eigenvalue weighted by Crippen LogP contribution is -2.35. The summed E-state index contributed by atoms with van der Waals surface area (Å²) in [5.41, 5.74) is 26.4. The summed E-state index contributed by atoms with van der Waals surface area (Å²) in [5.74, 6) is -11.2. The number of alkyl halides is 12. The van der Waals surface area contributed by atoms with Crippen molar-refractivity contribution in [2.24, 2.45) is 22.9 Å². The molecule has 7 aliphatic rings. The smallest absolute Gasteiger partial charge is 0.475 e. The highest BCUT2D eigenvalue weighted by molar-refractivity contribution is 8.77. The summed E-state index contributed by atoms with van der Waals surface area (Å²) in [6, 6.07) is 31.7. The van der Waals surface area contributed by atoms with Crippen molar-refractivity contribution in [1.82, 2.24) is 0 Å². The van der Waals surface area contributed by atoms with Gasteiger partial charge in [-0.15, -0.1) is 0 Å². The molecule has 0 unspecified atom stereocenters. The number of carboxylic acids is 4. The molecule has 4 aromatic rings. The minimum atomic E-state index is -5.08. The van der Waals surface area contributed by atoms with Gasteiger partial charge in [0, 0.05) is 120 Å². The molecule has 88 heavy (non-hydrogen) atoms.